The predicted molar refractivity (Wildman–Crippen MR) is 126 cm³/mol. The SMILES string of the molecule is COc1ccc(CC(NC(=O)OC(C)(C)C)C(=O)Nc2ccc(-c3nn[nH]n3)cc2)cc1Br. The van der Waals surface area contributed by atoms with Crippen molar-refractivity contribution in [1.29, 1.82) is 0 Å². The summed E-state index contributed by atoms with van der Waals surface area (Å²) in [5.74, 6) is 0.726. The summed E-state index contributed by atoms with van der Waals surface area (Å²) in [7, 11) is 1.57. The van der Waals surface area contributed by atoms with E-state index in [1.807, 2.05) is 12.1 Å². The topological polar surface area (TPSA) is 131 Å². The van der Waals surface area contributed by atoms with Gasteiger partial charge in [-0.2, -0.15) is 5.21 Å². The molecule has 0 fully saturated rings. The number of nitrogens with one attached hydrogen (secondary N) is 3. The van der Waals surface area contributed by atoms with Gasteiger partial charge in [0.15, 0.2) is 0 Å². The van der Waals surface area contributed by atoms with Crippen molar-refractivity contribution in [2.75, 3.05) is 12.4 Å². The van der Waals surface area contributed by atoms with Crippen LogP contribution in [0.1, 0.15) is 26.3 Å². The quantitative estimate of drug-likeness (QED) is 0.436. The molecule has 1 unspecified atom stereocenters. The van der Waals surface area contributed by atoms with Crippen LogP contribution >= 0.6 is 15.9 Å². The van der Waals surface area contributed by atoms with Gasteiger partial charge in [0.05, 0.1) is 11.6 Å². The molecule has 0 radical (unpaired) electrons. The molecule has 3 rings (SSSR count). The lowest BCUT2D eigenvalue weighted by molar-refractivity contribution is -0.118. The van der Waals surface area contributed by atoms with Crippen molar-refractivity contribution >= 4 is 33.6 Å². The third kappa shape index (κ3) is 7.01. The molecule has 1 aromatic heterocycles. The minimum atomic E-state index is -0.878. The van der Waals surface area contributed by atoms with Gasteiger partial charge < -0.3 is 20.1 Å². The lowest BCUT2D eigenvalue weighted by atomic mass is 10.0. The number of hydrogen-bond acceptors (Lipinski definition) is 7. The number of aromatic nitrogens is 4. The maximum absolute atomic E-state index is 13.1. The van der Waals surface area contributed by atoms with Gasteiger partial charge in [0.2, 0.25) is 11.7 Å². The van der Waals surface area contributed by atoms with Crippen molar-refractivity contribution in [3.05, 3.63) is 52.5 Å². The van der Waals surface area contributed by atoms with Crippen LogP contribution in [0.15, 0.2) is 46.9 Å². The summed E-state index contributed by atoms with van der Waals surface area (Å²) in [5, 5.41) is 19.3. The fourth-order valence-corrected chi connectivity index (χ4v) is 3.54. The number of carbonyl (C=O) groups excluding carboxylic acids is 2. The summed E-state index contributed by atoms with van der Waals surface area (Å²) >= 11 is 3.45. The Kier molecular flexibility index (Phi) is 7.64. The third-order valence-electron chi connectivity index (χ3n) is 4.42. The van der Waals surface area contributed by atoms with Gasteiger partial charge in [-0.1, -0.05) is 6.07 Å². The molecule has 174 valence electrons. The average Bonchev–Trinajstić information content (AvgIpc) is 3.27. The van der Waals surface area contributed by atoms with E-state index < -0.39 is 17.7 Å². The molecule has 3 N–H and O–H groups in total. The molecule has 11 heteroatoms. The van der Waals surface area contributed by atoms with Gasteiger partial charge in [-0.15, -0.1) is 10.2 Å². The van der Waals surface area contributed by atoms with Gasteiger partial charge in [0.25, 0.3) is 0 Å². The Balaban J connectivity index is 1.76. The molecule has 0 bridgehead atoms. The number of rotatable bonds is 7. The summed E-state index contributed by atoms with van der Waals surface area (Å²) in [5.41, 5.74) is 1.43. The van der Waals surface area contributed by atoms with Crippen LogP contribution in [0.2, 0.25) is 0 Å². The Bertz CT molecular complexity index is 1100. The maximum Gasteiger partial charge on any atom is 0.408 e. The number of aromatic amines is 1. The van der Waals surface area contributed by atoms with E-state index >= 15 is 0 Å². The fourth-order valence-electron chi connectivity index (χ4n) is 2.95. The van der Waals surface area contributed by atoms with Crippen LogP contribution in [0.4, 0.5) is 10.5 Å². The number of tetrazole rings is 1. The van der Waals surface area contributed by atoms with Gasteiger partial charge in [0, 0.05) is 17.7 Å². The second-order valence-electron chi connectivity index (χ2n) is 8.17. The lowest BCUT2D eigenvalue weighted by Gasteiger charge is -2.23. The molecule has 2 aromatic carbocycles. The second-order valence-corrected chi connectivity index (χ2v) is 9.03. The van der Waals surface area contributed by atoms with Crippen molar-refractivity contribution in [3.8, 4) is 17.1 Å². The fraction of sp³-hybridized carbons (Fsp3) is 0.318. The summed E-state index contributed by atoms with van der Waals surface area (Å²) in [6, 6.07) is 11.6. The lowest BCUT2D eigenvalue weighted by Crippen LogP contribution is -2.47. The highest BCUT2D eigenvalue weighted by atomic mass is 79.9. The van der Waals surface area contributed by atoms with Crippen LogP contribution in [0.25, 0.3) is 11.4 Å². The van der Waals surface area contributed by atoms with E-state index in [2.05, 4.69) is 47.2 Å². The van der Waals surface area contributed by atoms with Crippen LogP contribution in [0.5, 0.6) is 5.75 Å². The zero-order valence-corrected chi connectivity index (χ0v) is 20.3. The number of benzene rings is 2. The first-order valence-electron chi connectivity index (χ1n) is 10.1. The van der Waals surface area contributed by atoms with E-state index in [9.17, 15) is 9.59 Å². The maximum atomic E-state index is 13.1. The van der Waals surface area contributed by atoms with Gasteiger partial charge in [-0.3, -0.25) is 4.79 Å². The number of carbonyl (C=O) groups is 2. The molecule has 33 heavy (non-hydrogen) atoms. The number of anilines is 1. The Morgan fingerprint density at radius 2 is 1.88 bits per heavy atom. The van der Waals surface area contributed by atoms with E-state index in [0.717, 1.165) is 15.6 Å². The van der Waals surface area contributed by atoms with E-state index in [1.165, 1.54) is 0 Å². The Labute approximate surface area is 199 Å². The monoisotopic (exact) mass is 516 g/mol. The van der Waals surface area contributed by atoms with Crippen molar-refractivity contribution in [1.82, 2.24) is 25.9 Å². The molecule has 0 spiro atoms. The molecule has 10 nitrogen and oxygen atoms in total. The summed E-state index contributed by atoms with van der Waals surface area (Å²) < 4.78 is 11.3. The number of nitrogens with zero attached hydrogens (tertiary/aromatic N) is 3. The molecule has 3 aromatic rings. The van der Waals surface area contributed by atoms with Crippen LogP contribution in [-0.4, -0.2) is 51.4 Å². The van der Waals surface area contributed by atoms with Gasteiger partial charge in [-0.05, 0) is 83.9 Å². The molecular formula is C22H25BrN6O4. The normalized spacial score (nSPS) is 12.0. The zero-order valence-electron chi connectivity index (χ0n) is 18.7. The van der Waals surface area contributed by atoms with Gasteiger partial charge in [-0.25, -0.2) is 4.79 Å². The first-order valence-corrected chi connectivity index (χ1v) is 10.9. The highest BCUT2D eigenvalue weighted by molar-refractivity contribution is 9.10. The molecular weight excluding hydrogens is 492 g/mol. The number of methoxy groups -OCH3 is 1. The third-order valence-corrected chi connectivity index (χ3v) is 5.04. The number of halogens is 1. The average molecular weight is 517 g/mol. The van der Waals surface area contributed by atoms with Crippen LogP contribution in [-0.2, 0) is 16.0 Å². The first kappa shape index (κ1) is 24.2. The van der Waals surface area contributed by atoms with Crippen molar-refractivity contribution in [2.24, 2.45) is 0 Å². The smallest absolute Gasteiger partial charge is 0.408 e. The van der Waals surface area contributed by atoms with Crippen LogP contribution in [0.3, 0.4) is 0 Å². The standard InChI is InChI=1S/C22H25BrN6O4/c1-22(2,3)33-21(31)25-17(12-13-5-10-18(32-4)16(23)11-13)20(30)24-15-8-6-14(7-9-15)19-26-28-29-27-19/h5-11,17H,12H2,1-4H3,(H,24,30)(H,25,31)(H,26,27,28,29). The number of amides is 2. The van der Waals surface area contributed by atoms with E-state index in [0.29, 0.717) is 17.3 Å². The number of H-pyrrole nitrogens is 1. The van der Waals surface area contributed by atoms with E-state index in [1.54, 1.807) is 58.2 Å². The van der Waals surface area contributed by atoms with Crippen molar-refractivity contribution < 1.29 is 19.1 Å². The largest absolute Gasteiger partial charge is 0.496 e. The summed E-state index contributed by atoms with van der Waals surface area (Å²) in [6.45, 7) is 5.27. The molecule has 0 aliphatic rings. The minimum Gasteiger partial charge on any atom is -0.496 e. The number of ether oxygens (including phenoxy) is 2. The zero-order chi connectivity index (χ0) is 24.0. The first-order chi connectivity index (χ1) is 15.6. The van der Waals surface area contributed by atoms with Crippen molar-refractivity contribution in [3.63, 3.8) is 0 Å². The van der Waals surface area contributed by atoms with Gasteiger partial charge >= 0.3 is 6.09 Å². The van der Waals surface area contributed by atoms with E-state index in [-0.39, 0.29) is 12.3 Å². The molecule has 0 aliphatic heterocycles. The molecule has 1 atom stereocenters. The Hall–Kier alpha value is -3.47. The van der Waals surface area contributed by atoms with Crippen LogP contribution < -0.4 is 15.4 Å². The Morgan fingerprint density at radius 3 is 2.45 bits per heavy atom. The minimum absolute atomic E-state index is 0.245. The highest BCUT2D eigenvalue weighted by Crippen LogP contribution is 2.26. The highest BCUT2D eigenvalue weighted by Gasteiger charge is 2.25. The molecule has 0 aliphatic carbocycles. The Morgan fingerprint density at radius 1 is 1.15 bits per heavy atom. The van der Waals surface area contributed by atoms with Crippen molar-refractivity contribution in [2.45, 2.75) is 38.8 Å². The molecule has 0 saturated carbocycles. The van der Waals surface area contributed by atoms with E-state index in [4.69, 9.17) is 9.47 Å². The summed E-state index contributed by atoms with van der Waals surface area (Å²) in [6.07, 6.45) is -0.433. The van der Waals surface area contributed by atoms with Gasteiger partial charge in [0.1, 0.15) is 17.4 Å². The second kappa shape index (κ2) is 10.4. The molecule has 0 saturated heterocycles. The number of alkyl carbamates (subject to hydrolysis) is 1. The molecule has 1 heterocycles. The summed E-state index contributed by atoms with van der Waals surface area (Å²) in [4.78, 5) is 25.5. The van der Waals surface area contributed by atoms with Crippen LogP contribution in [0, 0.1) is 0 Å². The predicted octanol–water partition coefficient (Wildman–Crippen LogP) is 3.71. The molecule has 2 amide bonds. The number of hydrogen-bond donors (Lipinski definition) is 3.